The maximum absolute atomic E-state index is 11.9. The SMILES string of the molecule is COc1ccccc1NC(=O)CNC1CCOC(C)C1. The molecule has 1 aliphatic heterocycles. The van der Waals surface area contributed by atoms with Gasteiger partial charge in [-0.25, -0.2) is 0 Å². The van der Waals surface area contributed by atoms with Crippen LogP contribution in [0.3, 0.4) is 0 Å². The van der Waals surface area contributed by atoms with E-state index >= 15 is 0 Å². The van der Waals surface area contributed by atoms with Gasteiger partial charge in [0.05, 0.1) is 25.4 Å². The fraction of sp³-hybridized carbons (Fsp3) is 0.533. The summed E-state index contributed by atoms with van der Waals surface area (Å²) in [6.45, 7) is 3.12. The maximum atomic E-state index is 11.9. The molecular formula is C15H22N2O3. The Balaban J connectivity index is 1.80. The van der Waals surface area contributed by atoms with E-state index in [2.05, 4.69) is 17.6 Å². The molecule has 1 aliphatic rings. The third-order valence-corrected chi connectivity index (χ3v) is 3.42. The third-order valence-electron chi connectivity index (χ3n) is 3.42. The van der Waals surface area contributed by atoms with E-state index < -0.39 is 0 Å². The van der Waals surface area contributed by atoms with E-state index in [1.54, 1.807) is 7.11 Å². The molecule has 1 aromatic carbocycles. The van der Waals surface area contributed by atoms with E-state index in [9.17, 15) is 4.79 Å². The first-order chi connectivity index (χ1) is 9.69. The van der Waals surface area contributed by atoms with Crippen LogP contribution < -0.4 is 15.4 Å². The van der Waals surface area contributed by atoms with Crippen LogP contribution in [0.5, 0.6) is 5.75 Å². The molecule has 0 aromatic heterocycles. The van der Waals surface area contributed by atoms with Crippen molar-refractivity contribution in [2.45, 2.75) is 31.9 Å². The van der Waals surface area contributed by atoms with Crippen molar-refractivity contribution in [1.82, 2.24) is 5.32 Å². The highest BCUT2D eigenvalue weighted by molar-refractivity contribution is 5.93. The molecule has 2 rings (SSSR count). The smallest absolute Gasteiger partial charge is 0.238 e. The zero-order chi connectivity index (χ0) is 14.4. The number of methoxy groups -OCH3 is 1. The molecule has 2 N–H and O–H groups in total. The van der Waals surface area contributed by atoms with Crippen LogP contribution in [0.1, 0.15) is 19.8 Å². The molecule has 2 unspecified atom stereocenters. The van der Waals surface area contributed by atoms with Crippen LogP contribution in [0.15, 0.2) is 24.3 Å². The average Bonchev–Trinajstić information content (AvgIpc) is 2.46. The van der Waals surface area contributed by atoms with Gasteiger partial charge >= 0.3 is 0 Å². The first-order valence-electron chi connectivity index (χ1n) is 6.97. The Morgan fingerprint density at radius 3 is 3.00 bits per heavy atom. The molecule has 1 aromatic rings. The van der Waals surface area contributed by atoms with Gasteiger partial charge in [-0.3, -0.25) is 4.79 Å². The summed E-state index contributed by atoms with van der Waals surface area (Å²) in [4.78, 5) is 11.9. The normalized spacial score (nSPS) is 22.3. The minimum absolute atomic E-state index is 0.0614. The van der Waals surface area contributed by atoms with Gasteiger partial charge in [0.15, 0.2) is 0 Å². The molecule has 1 saturated heterocycles. The minimum Gasteiger partial charge on any atom is -0.495 e. The van der Waals surface area contributed by atoms with Gasteiger partial charge in [0.25, 0.3) is 0 Å². The molecule has 2 atom stereocenters. The summed E-state index contributed by atoms with van der Waals surface area (Å²) in [6, 6.07) is 7.74. The molecule has 20 heavy (non-hydrogen) atoms. The van der Waals surface area contributed by atoms with E-state index in [0.717, 1.165) is 19.4 Å². The van der Waals surface area contributed by atoms with E-state index in [1.165, 1.54) is 0 Å². The molecule has 110 valence electrons. The molecule has 1 amide bonds. The second-order valence-corrected chi connectivity index (χ2v) is 5.03. The van der Waals surface area contributed by atoms with Crippen molar-refractivity contribution in [3.8, 4) is 5.75 Å². The summed E-state index contributed by atoms with van der Waals surface area (Å²) < 4.78 is 10.7. The lowest BCUT2D eigenvalue weighted by Gasteiger charge is -2.27. The summed E-state index contributed by atoms with van der Waals surface area (Å²) in [5.41, 5.74) is 0.696. The van der Waals surface area contributed by atoms with Gasteiger partial charge in [-0.05, 0) is 31.9 Å². The van der Waals surface area contributed by atoms with Gasteiger partial charge in [0.2, 0.25) is 5.91 Å². The molecule has 0 saturated carbocycles. The Kier molecular flexibility index (Phi) is 5.38. The van der Waals surface area contributed by atoms with Crippen LogP contribution in [-0.4, -0.2) is 38.3 Å². The maximum Gasteiger partial charge on any atom is 0.238 e. The number of ether oxygens (including phenoxy) is 2. The Morgan fingerprint density at radius 2 is 2.25 bits per heavy atom. The van der Waals surface area contributed by atoms with E-state index in [1.807, 2.05) is 24.3 Å². The highest BCUT2D eigenvalue weighted by Gasteiger charge is 2.19. The van der Waals surface area contributed by atoms with Gasteiger partial charge in [-0.15, -0.1) is 0 Å². The van der Waals surface area contributed by atoms with Gasteiger partial charge in [-0.1, -0.05) is 12.1 Å². The fourth-order valence-electron chi connectivity index (χ4n) is 2.36. The third kappa shape index (κ3) is 4.21. The second-order valence-electron chi connectivity index (χ2n) is 5.03. The lowest BCUT2D eigenvalue weighted by molar-refractivity contribution is -0.115. The molecule has 5 heteroatoms. The number of amides is 1. The average molecular weight is 278 g/mol. The van der Waals surface area contributed by atoms with Crippen LogP contribution in [-0.2, 0) is 9.53 Å². The fourth-order valence-corrected chi connectivity index (χ4v) is 2.36. The van der Waals surface area contributed by atoms with Gasteiger partial charge in [0, 0.05) is 12.6 Å². The van der Waals surface area contributed by atoms with Crippen molar-refractivity contribution in [1.29, 1.82) is 0 Å². The van der Waals surface area contributed by atoms with E-state index in [4.69, 9.17) is 9.47 Å². The highest BCUT2D eigenvalue weighted by Crippen LogP contribution is 2.22. The highest BCUT2D eigenvalue weighted by atomic mass is 16.5. The lowest BCUT2D eigenvalue weighted by atomic mass is 10.0. The second kappa shape index (κ2) is 7.26. The quantitative estimate of drug-likeness (QED) is 0.862. The van der Waals surface area contributed by atoms with Crippen LogP contribution in [0.2, 0.25) is 0 Å². The molecule has 5 nitrogen and oxygen atoms in total. The summed E-state index contributed by atoms with van der Waals surface area (Å²) in [5, 5.41) is 6.13. The Labute approximate surface area is 119 Å². The number of hydrogen-bond acceptors (Lipinski definition) is 4. The summed E-state index contributed by atoms with van der Waals surface area (Å²) >= 11 is 0. The Morgan fingerprint density at radius 1 is 1.45 bits per heavy atom. The van der Waals surface area contributed by atoms with E-state index in [-0.39, 0.29) is 12.0 Å². The van der Waals surface area contributed by atoms with Crippen molar-refractivity contribution in [3.63, 3.8) is 0 Å². The van der Waals surface area contributed by atoms with Crippen LogP contribution >= 0.6 is 0 Å². The Hall–Kier alpha value is -1.59. The summed E-state index contributed by atoms with van der Waals surface area (Å²) in [7, 11) is 1.59. The summed E-state index contributed by atoms with van der Waals surface area (Å²) in [6.07, 6.45) is 2.16. The van der Waals surface area contributed by atoms with E-state index in [0.29, 0.717) is 24.0 Å². The summed E-state index contributed by atoms with van der Waals surface area (Å²) in [5.74, 6) is 0.606. The predicted octanol–water partition coefficient (Wildman–Crippen LogP) is 1.79. The van der Waals surface area contributed by atoms with Crippen LogP contribution in [0, 0.1) is 0 Å². The first-order valence-corrected chi connectivity index (χ1v) is 6.97. The number of benzene rings is 1. The minimum atomic E-state index is -0.0614. The number of anilines is 1. The molecule has 1 fully saturated rings. The number of carbonyl (C=O) groups is 1. The number of carbonyl (C=O) groups excluding carboxylic acids is 1. The van der Waals surface area contributed by atoms with Gasteiger partial charge < -0.3 is 20.1 Å². The van der Waals surface area contributed by atoms with Crippen molar-refractivity contribution < 1.29 is 14.3 Å². The number of nitrogens with one attached hydrogen (secondary N) is 2. The zero-order valence-electron chi connectivity index (χ0n) is 12.0. The number of hydrogen-bond donors (Lipinski definition) is 2. The van der Waals surface area contributed by atoms with Crippen LogP contribution in [0.25, 0.3) is 0 Å². The first kappa shape index (κ1) is 14.8. The molecule has 0 spiro atoms. The lowest BCUT2D eigenvalue weighted by Crippen LogP contribution is -2.41. The predicted molar refractivity (Wildman–Crippen MR) is 78.1 cm³/mol. The largest absolute Gasteiger partial charge is 0.495 e. The van der Waals surface area contributed by atoms with Gasteiger partial charge in [-0.2, -0.15) is 0 Å². The topological polar surface area (TPSA) is 59.6 Å². The molecular weight excluding hydrogens is 256 g/mol. The van der Waals surface area contributed by atoms with Gasteiger partial charge in [0.1, 0.15) is 5.75 Å². The van der Waals surface area contributed by atoms with Crippen molar-refractivity contribution in [2.24, 2.45) is 0 Å². The Bertz CT molecular complexity index is 450. The van der Waals surface area contributed by atoms with Crippen LogP contribution in [0.4, 0.5) is 5.69 Å². The standard InChI is InChI=1S/C15H22N2O3/c1-11-9-12(7-8-20-11)16-10-15(18)17-13-5-3-4-6-14(13)19-2/h3-6,11-12,16H,7-10H2,1-2H3,(H,17,18). The molecule has 0 bridgehead atoms. The number of para-hydroxylation sites is 2. The van der Waals surface area contributed by atoms with Crippen molar-refractivity contribution in [3.05, 3.63) is 24.3 Å². The van der Waals surface area contributed by atoms with Crippen molar-refractivity contribution in [2.75, 3.05) is 25.6 Å². The molecule has 1 heterocycles. The van der Waals surface area contributed by atoms with Crippen molar-refractivity contribution >= 4 is 11.6 Å². The molecule has 0 radical (unpaired) electrons. The monoisotopic (exact) mass is 278 g/mol. The number of rotatable bonds is 5. The molecule has 0 aliphatic carbocycles. The zero-order valence-corrected chi connectivity index (χ0v) is 12.0.